The van der Waals surface area contributed by atoms with Crippen LogP contribution in [-0.4, -0.2) is 34.3 Å². The van der Waals surface area contributed by atoms with Crippen molar-refractivity contribution in [2.75, 3.05) is 11.4 Å². The average molecular weight is 390 g/mol. The maximum Gasteiger partial charge on any atom is 0.229 e. The van der Waals surface area contributed by atoms with Crippen molar-refractivity contribution in [2.24, 2.45) is 0 Å². The predicted molar refractivity (Wildman–Crippen MR) is 102 cm³/mol. The topological polar surface area (TPSA) is 53.5 Å². The van der Waals surface area contributed by atoms with Gasteiger partial charge in [-0.2, -0.15) is 0 Å². The Bertz CT molecular complexity index is 816. The number of carbonyl (C=O) groups excluding carboxylic acids is 2. The molecule has 4 rings (SSSR count). The Hall–Kier alpha value is -1.92. The highest BCUT2D eigenvalue weighted by atomic mass is 35.5. The van der Waals surface area contributed by atoms with Crippen LogP contribution >= 0.6 is 22.9 Å². The average Bonchev–Trinajstić information content (AvgIpc) is 3.21. The molecule has 1 aliphatic carbocycles. The number of nitrogens with zero attached hydrogens (tertiary/aromatic N) is 3. The third kappa shape index (κ3) is 3.91. The zero-order valence-electron chi connectivity index (χ0n) is 14.4. The molecule has 1 aromatic heterocycles. The molecule has 1 aromatic carbocycles. The van der Waals surface area contributed by atoms with E-state index in [9.17, 15) is 9.59 Å². The van der Waals surface area contributed by atoms with Crippen molar-refractivity contribution < 1.29 is 9.59 Å². The fourth-order valence-electron chi connectivity index (χ4n) is 3.20. The van der Waals surface area contributed by atoms with Crippen molar-refractivity contribution in [2.45, 2.75) is 44.7 Å². The van der Waals surface area contributed by atoms with Crippen LogP contribution in [0.3, 0.4) is 0 Å². The number of carbonyl (C=O) groups is 2. The van der Waals surface area contributed by atoms with Gasteiger partial charge in [-0.05, 0) is 37.0 Å². The molecule has 0 N–H and O–H groups in total. The molecule has 5 nitrogen and oxygen atoms in total. The molecule has 26 heavy (non-hydrogen) atoms. The smallest absolute Gasteiger partial charge is 0.229 e. The fourth-order valence-corrected chi connectivity index (χ4v) is 4.20. The normalized spacial score (nSPS) is 17.0. The van der Waals surface area contributed by atoms with Crippen LogP contribution in [0.1, 0.15) is 36.9 Å². The molecule has 7 heteroatoms. The van der Waals surface area contributed by atoms with Gasteiger partial charge < -0.3 is 4.90 Å². The minimum absolute atomic E-state index is 0.0899. The van der Waals surface area contributed by atoms with E-state index in [0.717, 1.165) is 37.1 Å². The molecule has 1 saturated heterocycles. The van der Waals surface area contributed by atoms with E-state index in [-0.39, 0.29) is 18.2 Å². The van der Waals surface area contributed by atoms with Gasteiger partial charge in [-0.3, -0.25) is 14.5 Å². The summed E-state index contributed by atoms with van der Waals surface area (Å²) >= 11 is 7.39. The van der Waals surface area contributed by atoms with Crippen LogP contribution in [0.5, 0.6) is 0 Å². The van der Waals surface area contributed by atoms with E-state index >= 15 is 0 Å². The van der Waals surface area contributed by atoms with Crippen LogP contribution in [-0.2, 0) is 22.6 Å². The summed E-state index contributed by atoms with van der Waals surface area (Å²) in [5.74, 6) is 0.214. The standard InChI is InChI=1S/C19H20ClN3O2S/c20-14-5-3-13(4-6-14)11-23(16-7-8-16)18(25)10-15-12-26-19(21-15)22-9-1-2-17(22)24/h3-6,12,16H,1-2,7-11H2. The molecule has 2 aliphatic rings. The van der Waals surface area contributed by atoms with E-state index < -0.39 is 0 Å². The molecule has 0 radical (unpaired) electrons. The molecule has 2 heterocycles. The molecular weight excluding hydrogens is 370 g/mol. The van der Waals surface area contributed by atoms with E-state index in [2.05, 4.69) is 4.98 Å². The van der Waals surface area contributed by atoms with Gasteiger partial charge in [0.15, 0.2) is 5.13 Å². The lowest BCUT2D eigenvalue weighted by molar-refractivity contribution is -0.131. The van der Waals surface area contributed by atoms with Gasteiger partial charge in [0, 0.05) is 36.0 Å². The number of rotatable bonds is 6. The number of benzene rings is 1. The van der Waals surface area contributed by atoms with Gasteiger partial charge in [-0.1, -0.05) is 23.7 Å². The lowest BCUT2D eigenvalue weighted by Gasteiger charge is -2.22. The van der Waals surface area contributed by atoms with Crippen molar-refractivity contribution >= 4 is 39.9 Å². The van der Waals surface area contributed by atoms with Crippen LogP contribution < -0.4 is 4.90 Å². The Kier molecular flexibility index (Phi) is 4.96. The maximum absolute atomic E-state index is 12.8. The highest BCUT2D eigenvalue weighted by molar-refractivity contribution is 7.14. The van der Waals surface area contributed by atoms with Crippen LogP contribution in [0, 0.1) is 0 Å². The minimum atomic E-state index is 0.0899. The van der Waals surface area contributed by atoms with E-state index in [1.54, 1.807) is 4.90 Å². The molecule has 0 atom stereocenters. The Morgan fingerprint density at radius 1 is 1.31 bits per heavy atom. The summed E-state index contributed by atoms with van der Waals surface area (Å²) in [6.45, 7) is 1.33. The van der Waals surface area contributed by atoms with Gasteiger partial charge in [-0.25, -0.2) is 4.98 Å². The first-order valence-electron chi connectivity index (χ1n) is 8.89. The quantitative estimate of drug-likeness (QED) is 0.757. The Morgan fingerprint density at radius 3 is 2.73 bits per heavy atom. The third-order valence-corrected chi connectivity index (χ3v) is 5.91. The van der Waals surface area contributed by atoms with E-state index in [4.69, 9.17) is 11.6 Å². The molecule has 2 fully saturated rings. The van der Waals surface area contributed by atoms with Crippen LogP contribution in [0.2, 0.25) is 5.02 Å². The van der Waals surface area contributed by atoms with Crippen molar-refractivity contribution in [1.29, 1.82) is 0 Å². The third-order valence-electron chi connectivity index (χ3n) is 4.75. The van der Waals surface area contributed by atoms with Crippen molar-refractivity contribution in [3.63, 3.8) is 0 Å². The van der Waals surface area contributed by atoms with E-state index in [1.807, 2.05) is 34.5 Å². The summed E-state index contributed by atoms with van der Waals surface area (Å²) in [5, 5.41) is 3.31. The van der Waals surface area contributed by atoms with Gasteiger partial charge >= 0.3 is 0 Å². The van der Waals surface area contributed by atoms with Crippen LogP contribution in [0.15, 0.2) is 29.6 Å². The molecule has 1 aliphatic heterocycles. The first-order valence-corrected chi connectivity index (χ1v) is 10.1. The second kappa shape index (κ2) is 7.37. The summed E-state index contributed by atoms with van der Waals surface area (Å²) < 4.78 is 0. The van der Waals surface area contributed by atoms with E-state index in [1.165, 1.54) is 11.3 Å². The second-order valence-corrected chi connectivity index (χ2v) is 8.10. The zero-order valence-corrected chi connectivity index (χ0v) is 15.9. The molecular formula is C19H20ClN3O2S. The number of hydrogen-bond donors (Lipinski definition) is 0. The summed E-state index contributed by atoms with van der Waals surface area (Å²) in [4.78, 5) is 32.9. The minimum Gasteiger partial charge on any atom is -0.335 e. The number of anilines is 1. The molecule has 0 spiro atoms. The highest BCUT2D eigenvalue weighted by Gasteiger charge is 2.33. The lowest BCUT2D eigenvalue weighted by atomic mass is 10.2. The van der Waals surface area contributed by atoms with Gasteiger partial charge in [0.2, 0.25) is 11.8 Å². The van der Waals surface area contributed by atoms with Crippen molar-refractivity contribution in [1.82, 2.24) is 9.88 Å². The fraction of sp³-hybridized carbons (Fsp3) is 0.421. The largest absolute Gasteiger partial charge is 0.335 e. The van der Waals surface area contributed by atoms with Crippen molar-refractivity contribution in [3.8, 4) is 0 Å². The maximum atomic E-state index is 12.8. The molecule has 2 aromatic rings. The first kappa shape index (κ1) is 17.5. The number of thiazole rings is 1. The monoisotopic (exact) mass is 389 g/mol. The zero-order chi connectivity index (χ0) is 18.1. The first-order chi connectivity index (χ1) is 12.6. The van der Waals surface area contributed by atoms with Gasteiger partial charge in [-0.15, -0.1) is 11.3 Å². The summed E-state index contributed by atoms with van der Waals surface area (Å²) in [7, 11) is 0. The highest BCUT2D eigenvalue weighted by Crippen LogP contribution is 2.30. The summed E-state index contributed by atoms with van der Waals surface area (Å²) in [6, 6.07) is 7.96. The van der Waals surface area contributed by atoms with Crippen molar-refractivity contribution in [3.05, 3.63) is 45.9 Å². The Morgan fingerprint density at radius 2 is 2.08 bits per heavy atom. The number of aromatic nitrogens is 1. The number of halogens is 1. The second-order valence-electron chi connectivity index (χ2n) is 6.83. The van der Waals surface area contributed by atoms with E-state index in [0.29, 0.717) is 29.2 Å². The molecule has 2 amide bonds. The molecule has 0 bridgehead atoms. The summed E-state index contributed by atoms with van der Waals surface area (Å²) in [6.07, 6.45) is 3.87. The van der Waals surface area contributed by atoms with Crippen LogP contribution in [0.4, 0.5) is 5.13 Å². The Labute approximate surface area is 161 Å². The van der Waals surface area contributed by atoms with Gasteiger partial charge in [0.1, 0.15) is 0 Å². The number of amides is 2. The van der Waals surface area contributed by atoms with Gasteiger partial charge in [0.05, 0.1) is 12.1 Å². The van der Waals surface area contributed by atoms with Crippen LogP contribution in [0.25, 0.3) is 0 Å². The van der Waals surface area contributed by atoms with Gasteiger partial charge in [0.25, 0.3) is 0 Å². The molecule has 1 saturated carbocycles. The SMILES string of the molecule is O=C1CCCN1c1nc(CC(=O)N(Cc2ccc(Cl)cc2)C2CC2)cs1. The Balaban J connectivity index is 1.43. The lowest BCUT2D eigenvalue weighted by Crippen LogP contribution is -2.34. The number of hydrogen-bond acceptors (Lipinski definition) is 4. The summed E-state index contributed by atoms with van der Waals surface area (Å²) in [5.41, 5.74) is 1.83. The molecule has 136 valence electrons. The predicted octanol–water partition coefficient (Wildman–Crippen LogP) is 3.66. The molecule has 0 unspecified atom stereocenters.